The van der Waals surface area contributed by atoms with Crippen molar-refractivity contribution in [3.05, 3.63) is 47.7 Å². The predicted octanol–water partition coefficient (Wildman–Crippen LogP) is 2.02. The number of nitrogens with zero attached hydrogens (tertiary/aromatic N) is 4. The van der Waals surface area contributed by atoms with Crippen molar-refractivity contribution in [1.82, 2.24) is 19.9 Å². The van der Waals surface area contributed by atoms with Gasteiger partial charge in [0.15, 0.2) is 0 Å². The van der Waals surface area contributed by atoms with Crippen LogP contribution in [0.5, 0.6) is 0 Å². The van der Waals surface area contributed by atoms with Gasteiger partial charge >= 0.3 is 0 Å². The lowest BCUT2D eigenvalue weighted by Gasteiger charge is -2.33. The lowest BCUT2D eigenvalue weighted by Crippen LogP contribution is -2.38. The fourth-order valence-corrected chi connectivity index (χ4v) is 2.93. The highest BCUT2D eigenvalue weighted by Crippen LogP contribution is 2.29. The molecule has 0 saturated heterocycles. The van der Waals surface area contributed by atoms with Crippen LogP contribution in [-0.2, 0) is 24.8 Å². The van der Waals surface area contributed by atoms with Crippen molar-refractivity contribution in [2.45, 2.75) is 25.9 Å². The Labute approximate surface area is 130 Å². The van der Waals surface area contributed by atoms with Gasteiger partial charge in [-0.3, -0.25) is 9.58 Å². The van der Waals surface area contributed by atoms with E-state index in [1.165, 1.54) is 5.69 Å². The first-order valence-electron chi connectivity index (χ1n) is 7.55. The summed E-state index contributed by atoms with van der Waals surface area (Å²) in [6.07, 6.45) is 2.71. The van der Waals surface area contributed by atoms with Crippen molar-refractivity contribution in [2.24, 2.45) is 7.05 Å². The Morgan fingerprint density at radius 2 is 2.36 bits per heavy atom. The van der Waals surface area contributed by atoms with E-state index in [1.54, 1.807) is 6.08 Å². The normalized spacial score (nSPS) is 18.4. The topological polar surface area (TPSA) is 56.3 Å². The average Bonchev–Trinajstić information content (AvgIpc) is 3.08. The lowest BCUT2D eigenvalue weighted by atomic mass is 10.0. The lowest BCUT2D eigenvalue weighted by molar-refractivity contribution is 0.0561. The zero-order valence-corrected chi connectivity index (χ0v) is 13.2. The van der Waals surface area contributed by atoms with Crippen LogP contribution in [0.3, 0.4) is 0 Å². The molecule has 1 aliphatic heterocycles. The van der Waals surface area contributed by atoms with Crippen LogP contribution >= 0.6 is 0 Å². The van der Waals surface area contributed by atoms with Crippen molar-refractivity contribution >= 4 is 0 Å². The molecule has 0 spiro atoms. The Morgan fingerprint density at radius 3 is 3.09 bits per heavy atom. The third-order valence-electron chi connectivity index (χ3n) is 4.03. The van der Waals surface area contributed by atoms with E-state index in [1.807, 2.05) is 30.8 Å². The second-order valence-electron chi connectivity index (χ2n) is 5.62. The van der Waals surface area contributed by atoms with Gasteiger partial charge in [0.25, 0.3) is 0 Å². The quantitative estimate of drug-likeness (QED) is 0.603. The van der Waals surface area contributed by atoms with Crippen LogP contribution in [0.25, 0.3) is 0 Å². The summed E-state index contributed by atoms with van der Waals surface area (Å²) in [6.45, 7) is 8.48. The number of hydrogen-bond donors (Lipinski definition) is 0. The minimum atomic E-state index is 0.0998. The first-order valence-corrected chi connectivity index (χ1v) is 7.55. The molecule has 6 heteroatoms. The van der Waals surface area contributed by atoms with E-state index in [0.29, 0.717) is 13.2 Å². The average molecular weight is 302 g/mol. The van der Waals surface area contributed by atoms with Crippen LogP contribution in [0, 0.1) is 6.92 Å². The van der Waals surface area contributed by atoms with Crippen LogP contribution in [0.4, 0.5) is 0 Å². The van der Waals surface area contributed by atoms with Crippen LogP contribution in [0.15, 0.2) is 29.2 Å². The molecule has 0 fully saturated rings. The first kappa shape index (κ1) is 15.0. The van der Waals surface area contributed by atoms with Gasteiger partial charge in [0.2, 0.25) is 0 Å². The smallest absolute Gasteiger partial charge is 0.118 e. The summed E-state index contributed by atoms with van der Waals surface area (Å²) in [5, 5.41) is 8.51. The van der Waals surface area contributed by atoms with E-state index >= 15 is 0 Å². The summed E-state index contributed by atoms with van der Waals surface area (Å²) < 4.78 is 13.3. The molecule has 0 saturated carbocycles. The van der Waals surface area contributed by atoms with Gasteiger partial charge < -0.3 is 9.15 Å². The Kier molecular flexibility index (Phi) is 4.40. The van der Waals surface area contributed by atoms with Crippen molar-refractivity contribution in [1.29, 1.82) is 0 Å². The molecular formula is C16H22N4O2. The highest BCUT2D eigenvalue weighted by atomic mass is 16.5. The second kappa shape index (κ2) is 6.46. The molecule has 3 rings (SSSR count). The predicted molar refractivity (Wildman–Crippen MR) is 82.3 cm³/mol. The van der Waals surface area contributed by atoms with Gasteiger partial charge in [-0.15, -0.1) is 11.7 Å². The largest absolute Gasteiger partial charge is 0.465 e. The van der Waals surface area contributed by atoms with Gasteiger partial charge in [0.05, 0.1) is 31.5 Å². The number of aromatic nitrogens is 3. The summed E-state index contributed by atoms with van der Waals surface area (Å²) in [6, 6.07) is 4.13. The molecule has 0 aromatic carbocycles. The SMILES string of the molecule is C=CCOC[C@@H]1c2nnn(C)c2CCN1Cc1ccc(C)o1. The molecule has 118 valence electrons. The number of furan rings is 1. The number of aryl methyl sites for hydroxylation is 2. The highest BCUT2D eigenvalue weighted by Gasteiger charge is 2.32. The highest BCUT2D eigenvalue weighted by molar-refractivity contribution is 5.19. The van der Waals surface area contributed by atoms with Crippen molar-refractivity contribution in [3.8, 4) is 0 Å². The van der Waals surface area contributed by atoms with Crippen molar-refractivity contribution in [3.63, 3.8) is 0 Å². The summed E-state index contributed by atoms with van der Waals surface area (Å²) in [5.41, 5.74) is 2.21. The minimum Gasteiger partial charge on any atom is -0.465 e. The van der Waals surface area contributed by atoms with E-state index in [0.717, 1.165) is 36.7 Å². The molecule has 1 aliphatic rings. The van der Waals surface area contributed by atoms with E-state index < -0.39 is 0 Å². The second-order valence-corrected chi connectivity index (χ2v) is 5.62. The third kappa shape index (κ3) is 2.98. The molecule has 6 nitrogen and oxygen atoms in total. The van der Waals surface area contributed by atoms with Gasteiger partial charge in [-0.05, 0) is 19.1 Å². The zero-order chi connectivity index (χ0) is 15.5. The van der Waals surface area contributed by atoms with E-state index in [-0.39, 0.29) is 6.04 Å². The van der Waals surface area contributed by atoms with Crippen LogP contribution < -0.4 is 0 Å². The fourth-order valence-electron chi connectivity index (χ4n) is 2.93. The van der Waals surface area contributed by atoms with Gasteiger partial charge in [-0.2, -0.15) is 0 Å². The third-order valence-corrected chi connectivity index (χ3v) is 4.03. The molecule has 3 heterocycles. The molecule has 0 amide bonds. The minimum absolute atomic E-state index is 0.0998. The number of ether oxygens (including phenoxy) is 1. The summed E-state index contributed by atoms with van der Waals surface area (Å²) in [5.74, 6) is 1.91. The van der Waals surface area contributed by atoms with Crippen molar-refractivity contribution in [2.75, 3.05) is 19.8 Å². The van der Waals surface area contributed by atoms with Crippen LogP contribution in [0.1, 0.15) is 29.0 Å². The van der Waals surface area contributed by atoms with E-state index in [4.69, 9.17) is 9.15 Å². The molecule has 2 aromatic rings. The zero-order valence-electron chi connectivity index (χ0n) is 13.2. The summed E-state index contributed by atoms with van der Waals surface area (Å²) in [7, 11) is 1.94. The standard InChI is InChI=1S/C16H22N4O2/c1-4-9-21-11-15-16-14(19(3)18-17-16)7-8-20(15)10-13-6-5-12(2)22-13/h4-6,15H,1,7-11H2,2-3H3/t15-/m1/s1. The van der Waals surface area contributed by atoms with Crippen LogP contribution in [-0.4, -0.2) is 39.7 Å². The molecule has 22 heavy (non-hydrogen) atoms. The summed E-state index contributed by atoms with van der Waals surface area (Å²) >= 11 is 0. The monoisotopic (exact) mass is 302 g/mol. The van der Waals surface area contributed by atoms with E-state index in [2.05, 4.69) is 21.8 Å². The fraction of sp³-hybridized carbons (Fsp3) is 0.500. The molecule has 0 N–H and O–H groups in total. The Morgan fingerprint density at radius 1 is 1.50 bits per heavy atom. The number of hydrogen-bond acceptors (Lipinski definition) is 5. The van der Waals surface area contributed by atoms with E-state index in [9.17, 15) is 0 Å². The maximum atomic E-state index is 5.71. The molecule has 2 aromatic heterocycles. The molecular weight excluding hydrogens is 280 g/mol. The van der Waals surface area contributed by atoms with Crippen molar-refractivity contribution < 1.29 is 9.15 Å². The molecule has 1 atom stereocenters. The molecule has 0 unspecified atom stereocenters. The first-order chi connectivity index (χ1) is 10.7. The maximum absolute atomic E-state index is 5.71. The number of rotatable bonds is 6. The molecule has 0 bridgehead atoms. The molecule has 0 radical (unpaired) electrons. The summed E-state index contributed by atoms with van der Waals surface area (Å²) in [4.78, 5) is 2.35. The van der Waals surface area contributed by atoms with Crippen LogP contribution in [0.2, 0.25) is 0 Å². The Balaban J connectivity index is 1.80. The van der Waals surface area contributed by atoms with Gasteiger partial charge in [-0.1, -0.05) is 11.3 Å². The number of fused-ring (bicyclic) bond motifs is 1. The molecule has 0 aliphatic carbocycles. The Hall–Kier alpha value is -1.92. The maximum Gasteiger partial charge on any atom is 0.118 e. The van der Waals surface area contributed by atoms with Gasteiger partial charge in [-0.25, -0.2) is 0 Å². The van der Waals surface area contributed by atoms with Gasteiger partial charge in [0, 0.05) is 20.0 Å². The Bertz CT molecular complexity index is 646. The van der Waals surface area contributed by atoms with Gasteiger partial charge in [0.1, 0.15) is 17.2 Å².